The summed E-state index contributed by atoms with van der Waals surface area (Å²) in [6.07, 6.45) is 1.79. The minimum absolute atomic E-state index is 0.0705. The van der Waals surface area contributed by atoms with E-state index in [1.807, 2.05) is 75.4 Å². The molecular weight excluding hydrogens is 354 g/mol. The molecule has 0 aliphatic carbocycles. The highest BCUT2D eigenvalue weighted by molar-refractivity contribution is 7.07. The van der Waals surface area contributed by atoms with Crippen LogP contribution < -0.4 is 14.8 Å². The number of rotatable bonds is 2. The van der Waals surface area contributed by atoms with E-state index < -0.39 is 0 Å². The molecule has 0 fully saturated rings. The average Bonchev–Trinajstić information content (AvgIpc) is 2.97. The Morgan fingerprint density at radius 2 is 1.67 bits per heavy atom. The maximum Gasteiger partial charge on any atom is 0.273 e. The topological polar surface area (TPSA) is 69.6 Å². The van der Waals surface area contributed by atoms with Crippen LogP contribution in [0.15, 0.2) is 47.3 Å². The van der Waals surface area contributed by atoms with Crippen LogP contribution in [0.2, 0.25) is 0 Å². The molecule has 2 aromatic carbocycles. The summed E-state index contributed by atoms with van der Waals surface area (Å²) in [4.78, 5) is 13.1. The Morgan fingerprint density at radius 3 is 2.26 bits per heavy atom. The van der Waals surface area contributed by atoms with E-state index >= 15 is 0 Å². The van der Waals surface area contributed by atoms with Gasteiger partial charge in [0.2, 0.25) is 0 Å². The van der Waals surface area contributed by atoms with Gasteiger partial charge in [-0.3, -0.25) is 9.36 Å². The van der Waals surface area contributed by atoms with E-state index in [4.69, 9.17) is 0 Å². The lowest BCUT2D eigenvalue weighted by atomic mass is 10.1. The Balaban J connectivity index is 2.38. The molecule has 3 aromatic rings. The van der Waals surface area contributed by atoms with Gasteiger partial charge in [-0.2, -0.15) is 10.5 Å². The molecule has 132 valence electrons. The molecule has 0 saturated carbocycles. The van der Waals surface area contributed by atoms with Crippen LogP contribution in [0.25, 0.3) is 17.3 Å². The van der Waals surface area contributed by atoms with Crippen molar-refractivity contribution in [2.75, 3.05) is 0 Å². The van der Waals surface area contributed by atoms with Crippen molar-refractivity contribution >= 4 is 23.0 Å². The third-order valence-corrected chi connectivity index (χ3v) is 5.48. The fourth-order valence-electron chi connectivity index (χ4n) is 2.68. The summed E-state index contributed by atoms with van der Waals surface area (Å²) >= 11 is 1.16. The molecule has 0 spiro atoms. The normalized spacial score (nSPS) is 11.1. The number of thiazole rings is 1. The molecule has 0 amide bonds. The van der Waals surface area contributed by atoms with Gasteiger partial charge in [-0.05, 0) is 55.7 Å². The molecule has 0 saturated heterocycles. The highest BCUT2D eigenvalue weighted by Crippen LogP contribution is 2.12. The Bertz CT molecular complexity index is 1260. The molecule has 3 rings (SSSR count). The first-order valence-corrected chi connectivity index (χ1v) is 9.18. The molecule has 4 nitrogen and oxygen atoms in total. The van der Waals surface area contributed by atoms with E-state index in [1.54, 1.807) is 6.08 Å². The standard InChI is InChI=1S/C22H17N3OS/c1-14-4-7-17(8-5-14)11-20-21(26)25(22(27-20)18(12-23)13-24)19-9-6-15(2)16(3)10-19/h4-11H,1-3H3/b20-11-. The van der Waals surface area contributed by atoms with Crippen molar-refractivity contribution in [3.63, 3.8) is 0 Å². The number of nitriles is 2. The van der Waals surface area contributed by atoms with Gasteiger partial charge in [-0.15, -0.1) is 11.3 Å². The summed E-state index contributed by atoms with van der Waals surface area (Å²) < 4.78 is 2.29. The first-order chi connectivity index (χ1) is 12.9. The van der Waals surface area contributed by atoms with Gasteiger partial charge in [0.1, 0.15) is 16.8 Å². The second-order valence-corrected chi connectivity index (χ2v) is 7.36. The number of nitrogens with zero attached hydrogens (tertiary/aromatic N) is 3. The van der Waals surface area contributed by atoms with Gasteiger partial charge in [0.15, 0.2) is 5.57 Å². The van der Waals surface area contributed by atoms with Crippen molar-refractivity contribution in [3.05, 3.63) is 84.3 Å². The molecule has 1 heterocycles. The Morgan fingerprint density at radius 1 is 1.00 bits per heavy atom. The van der Waals surface area contributed by atoms with Crippen molar-refractivity contribution < 1.29 is 0 Å². The molecule has 0 N–H and O–H groups in total. The fourth-order valence-corrected chi connectivity index (χ4v) is 3.74. The van der Waals surface area contributed by atoms with E-state index in [-0.39, 0.29) is 11.1 Å². The SMILES string of the molecule is Cc1ccc(/C=c2\sc(=C(C#N)C#N)n(-c3ccc(C)c(C)c3)c2=O)cc1. The first kappa shape index (κ1) is 18.4. The van der Waals surface area contributed by atoms with Crippen molar-refractivity contribution in [2.24, 2.45) is 0 Å². The summed E-state index contributed by atoms with van der Waals surface area (Å²) in [7, 11) is 0. The van der Waals surface area contributed by atoms with Gasteiger partial charge in [0.05, 0.1) is 10.2 Å². The van der Waals surface area contributed by atoms with Gasteiger partial charge in [-0.25, -0.2) is 0 Å². The van der Waals surface area contributed by atoms with Crippen LogP contribution in [0.1, 0.15) is 22.3 Å². The van der Waals surface area contributed by atoms with Crippen LogP contribution in [0.3, 0.4) is 0 Å². The smallest absolute Gasteiger partial charge is 0.267 e. The van der Waals surface area contributed by atoms with E-state index in [9.17, 15) is 15.3 Å². The van der Waals surface area contributed by atoms with Gasteiger partial charge < -0.3 is 0 Å². The number of hydrogen-bond acceptors (Lipinski definition) is 4. The Kier molecular flexibility index (Phi) is 5.07. The van der Waals surface area contributed by atoms with Crippen LogP contribution in [0, 0.1) is 43.4 Å². The molecule has 0 radical (unpaired) electrons. The molecule has 1 aromatic heterocycles. The molecule has 0 bridgehead atoms. The lowest BCUT2D eigenvalue weighted by Crippen LogP contribution is -2.30. The number of hydrogen-bond donors (Lipinski definition) is 0. The van der Waals surface area contributed by atoms with Crippen molar-refractivity contribution in [2.45, 2.75) is 20.8 Å². The van der Waals surface area contributed by atoms with Crippen molar-refractivity contribution in [3.8, 4) is 17.8 Å². The zero-order chi connectivity index (χ0) is 19.6. The molecule has 0 aliphatic heterocycles. The number of aryl methyl sites for hydroxylation is 3. The zero-order valence-electron chi connectivity index (χ0n) is 15.3. The molecular formula is C22H17N3OS. The highest BCUT2D eigenvalue weighted by atomic mass is 32.1. The summed E-state index contributed by atoms with van der Waals surface area (Å²) in [6, 6.07) is 17.3. The van der Waals surface area contributed by atoms with Crippen LogP contribution in [-0.2, 0) is 0 Å². The van der Waals surface area contributed by atoms with Crippen LogP contribution in [0.5, 0.6) is 0 Å². The quantitative estimate of drug-likeness (QED) is 0.695. The van der Waals surface area contributed by atoms with Crippen molar-refractivity contribution in [1.29, 1.82) is 10.5 Å². The monoisotopic (exact) mass is 371 g/mol. The van der Waals surface area contributed by atoms with E-state index in [1.165, 1.54) is 4.57 Å². The van der Waals surface area contributed by atoms with Gasteiger partial charge in [0, 0.05) is 0 Å². The minimum atomic E-state index is -0.234. The number of aromatic nitrogens is 1. The van der Waals surface area contributed by atoms with Gasteiger partial charge >= 0.3 is 0 Å². The maximum absolute atomic E-state index is 13.1. The third kappa shape index (κ3) is 3.60. The Hall–Kier alpha value is -3.41. The molecule has 27 heavy (non-hydrogen) atoms. The maximum atomic E-state index is 13.1. The van der Waals surface area contributed by atoms with Crippen LogP contribution in [-0.4, -0.2) is 4.57 Å². The van der Waals surface area contributed by atoms with Crippen molar-refractivity contribution in [1.82, 2.24) is 4.57 Å². The van der Waals surface area contributed by atoms with E-state index in [2.05, 4.69) is 0 Å². The van der Waals surface area contributed by atoms with E-state index in [0.717, 1.165) is 33.6 Å². The highest BCUT2D eigenvalue weighted by Gasteiger charge is 2.12. The first-order valence-electron chi connectivity index (χ1n) is 8.37. The molecule has 5 heteroatoms. The van der Waals surface area contributed by atoms with E-state index in [0.29, 0.717) is 14.9 Å². The zero-order valence-corrected chi connectivity index (χ0v) is 16.1. The summed E-state index contributed by atoms with van der Waals surface area (Å²) in [5.74, 6) is 0. The predicted octanol–water partition coefficient (Wildman–Crippen LogP) is 2.85. The van der Waals surface area contributed by atoms with Crippen LogP contribution >= 0.6 is 11.3 Å². The van der Waals surface area contributed by atoms with Gasteiger partial charge in [-0.1, -0.05) is 35.9 Å². The molecule has 0 aliphatic rings. The number of benzene rings is 2. The third-order valence-electron chi connectivity index (χ3n) is 4.38. The second-order valence-electron chi connectivity index (χ2n) is 6.33. The Labute approximate surface area is 161 Å². The van der Waals surface area contributed by atoms with Crippen LogP contribution in [0.4, 0.5) is 0 Å². The largest absolute Gasteiger partial charge is 0.273 e. The molecule has 0 unspecified atom stereocenters. The van der Waals surface area contributed by atoms with Gasteiger partial charge in [0.25, 0.3) is 5.56 Å². The minimum Gasteiger partial charge on any atom is -0.267 e. The second kappa shape index (κ2) is 7.45. The molecule has 0 atom stereocenters. The predicted molar refractivity (Wildman–Crippen MR) is 108 cm³/mol. The fraction of sp³-hybridized carbons (Fsp3) is 0.136. The average molecular weight is 371 g/mol. The summed E-state index contributed by atoms with van der Waals surface area (Å²) in [5, 5.41) is 18.7. The summed E-state index contributed by atoms with van der Waals surface area (Å²) in [5.41, 5.74) is 4.53. The lowest BCUT2D eigenvalue weighted by Gasteiger charge is -2.06. The lowest BCUT2D eigenvalue weighted by molar-refractivity contribution is 0.983. The summed E-state index contributed by atoms with van der Waals surface area (Å²) in [6.45, 7) is 5.96.